The zero-order valence-electron chi connectivity index (χ0n) is 19.0. The highest BCUT2D eigenvalue weighted by Crippen LogP contribution is 2.35. The van der Waals surface area contributed by atoms with E-state index in [0.29, 0.717) is 12.1 Å². The van der Waals surface area contributed by atoms with Crippen molar-refractivity contribution in [3.63, 3.8) is 0 Å². The van der Waals surface area contributed by atoms with Crippen molar-refractivity contribution < 1.29 is 0 Å². The fraction of sp³-hybridized carbons (Fsp3) is 0.357. The molecule has 0 aliphatic heterocycles. The quantitative estimate of drug-likeness (QED) is 0.393. The fourth-order valence-electron chi connectivity index (χ4n) is 5.13. The number of imidazole rings is 1. The first-order valence-electron chi connectivity index (χ1n) is 12.2. The molecule has 2 aliphatic rings. The Morgan fingerprint density at radius 2 is 1.76 bits per heavy atom. The Kier molecular flexibility index (Phi) is 5.66. The maximum Gasteiger partial charge on any atom is 0.121 e. The molecule has 0 radical (unpaired) electrons. The second-order valence-corrected chi connectivity index (χ2v) is 9.49. The minimum atomic E-state index is 0.299. The number of aryl methyl sites for hydroxylation is 1. The molecule has 1 fully saturated rings. The van der Waals surface area contributed by atoms with Gasteiger partial charge in [-0.3, -0.25) is 9.88 Å². The number of para-hydroxylation sites is 2. The van der Waals surface area contributed by atoms with Crippen molar-refractivity contribution in [2.75, 3.05) is 0 Å². The largest absolute Gasteiger partial charge is 0.341 e. The Morgan fingerprint density at radius 1 is 0.909 bits per heavy atom. The average Bonchev–Trinajstić information content (AvgIpc) is 3.60. The van der Waals surface area contributed by atoms with Crippen molar-refractivity contribution in [3.8, 4) is 0 Å². The molecule has 5 nitrogen and oxygen atoms in total. The molecule has 2 aromatic heterocycles. The topological polar surface area (TPSA) is 56.8 Å². The van der Waals surface area contributed by atoms with Gasteiger partial charge in [-0.05, 0) is 67.0 Å². The Labute approximate surface area is 195 Å². The van der Waals surface area contributed by atoms with Crippen LogP contribution >= 0.6 is 0 Å². The number of hydrogen-bond acceptors (Lipinski definition) is 4. The molecule has 0 bridgehead atoms. The summed E-state index contributed by atoms with van der Waals surface area (Å²) in [6, 6.07) is 22.5. The van der Waals surface area contributed by atoms with Gasteiger partial charge in [0.15, 0.2) is 0 Å². The summed E-state index contributed by atoms with van der Waals surface area (Å²) in [6.45, 7) is 2.61. The number of nitrogens with zero attached hydrogens (tertiary/aromatic N) is 3. The lowest BCUT2D eigenvalue weighted by Crippen LogP contribution is -2.32. The smallest absolute Gasteiger partial charge is 0.121 e. The maximum absolute atomic E-state index is 4.91. The SMILES string of the molecule is c1ccc(CN(Cc2nc3ccccc3[nH]2)C2CCCc3cccnc32)c(CNC2CC2)c1. The molecule has 168 valence electrons. The molecule has 2 heterocycles. The van der Waals surface area contributed by atoms with E-state index in [9.17, 15) is 0 Å². The van der Waals surface area contributed by atoms with Gasteiger partial charge in [0.25, 0.3) is 0 Å². The maximum atomic E-state index is 4.91. The van der Waals surface area contributed by atoms with Gasteiger partial charge in [0.05, 0.1) is 29.3 Å². The zero-order chi connectivity index (χ0) is 22.0. The second kappa shape index (κ2) is 9.08. The number of aromatic amines is 1. The Balaban J connectivity index is 1.33. The first kappa shape index (κ1) is 20.6. The van der Waals surface area contributed by atoms with Crippen molar-refractivity contribution in [2.24, 2.45) is 0 Å². The van der Waals surface area contributed by atoms with Gasteiger partial charge in [-0.2, -0.15) is 0 Å². The average molecular weight is 438 g/mol. The molecule has 4 aromatic rings. The molecule has 0 saturated heterocycles. The van der Waals surface area contributed by atoms with Crippen molar-refractivity contribution in [3.05, 3.63) is 95.1 Å². The van der Waals surface area contributed by atoms with E-state index in [-0.39, 0.29) is 0 Å². The molecule has 33 heavy (non-hydrogen) atoms. The lowest BCUT2D eigenvalue weighted by molar-refractivity contribution is 0.153. The zero-order valence-corrected chi connectivity index (χ0v) is 19.0. The molecule has 1 atom stereocenters. The van der Waals surface area contributed by atoms with E-state index in [1.54, 1.807) is 0 Å². The molecular weight excluding hydrogens is 406 g/mol. The van der Waals surface area contributed by atoms with Crippen molar-refractivity contribution in [2.45, 2.75) is 63.8 Å². The fourth-order valence-corrected chi connectivity index (χ4v) is 5.13. The molecule has 1 saturated carbocycles. The van der Waals surface area contributed by atoms with Crippen LogP contribution in [0.1, 0.15) is 59.9 Å². The van der Waals surface area contributed by atoms with Crippen LogP contribution in [0.15, 0.2) is 66.9 Å². The molecule has 0 amide bonds. The molecule has 0 spiro atoms. The summed E-state index contributed by atoms with van der Waals surface area (Å²) in [5, 5.41) is 3.70. The standard InChI is InChI=1S/C28H31N5/c1-2-8-22(21(7-1)17-30-23-14-15-23)18-33(19-27-31-24-11-3-4-12-25(24)32-27)26-13-5-9-20-10-6-16-29-28(20)26/h1-4,6-8,10-12,16,23,26,30H,5,9,13-15,17-19H2,(H,31,32). The van der Waals surface area contributed by atoms with Crippen LogP contribution < -0.4 is 5.32 Å². The highest BCUT2D eigenvalue weighted by Gasteiger charge is 2.29. The minimum absolute atomic E-state index is 0.299. The third-order valence-corrected chi connectivity index (χ3v) is 7.05. The van der Waals surface area contributed by atoms with Crippen LogP contribution in [-0.2, 0) is 26.1 Å². The predicted molar refractivity (Wildman–Crippen MR) is 132 cm³/mol. The van der Waals surface area contributed by atoms with E-state index >= 15 is 0 Å². The number of H-pyrrole nitrogens is 1. The number of aromatic nitrogens is 3. The highest BCUT2D eigenvalue weighted by molar-refractivity contribution is 5.74. The molecule has 2 aromatic carbocycles. The Bertz CT molecular complexity index is 1210. The van der Waals surface area contributed by atoms with Crippen molar-refractivity contribution >= 4 is 11.0 Å². The van der Waals surface area contributed by atoms with E-state index in [1.165, 1.54) is 41.6 Å². The Morgan fingerprint density at radius 3 is 2.64 bits per heavy atom. The third-order valence-electron chi connectivity index (χ3n) is 7.05. The number of fused-ring (bicyclic) bond motifs is 2. The van der Waals surface area contributed by atoms with Gasteiger partial charge >= 0.3 is 0 Å². The molecular formula is C28H31N5. The molecule has 5 heteroatoms. The molecule has 1 unspecified atom stereocenters. The van der Waals surface area contributed by atoms with E-state index in [1.807, 2.05) is 6.20 Å². The number of benzene rings is 2. The summed E-state index contributed by atoms with van der Waals surface area (Å²) < 4.78 is 0. The summed E-state index contributed by atoms with van der Waals surface area (Å²) >= 11 is 0. The van der Waals surface area contributed by atoms with Crippen LogP contribution in [0, 0.1) is 0 Å². The van der Waals surface area contributed by atoms with Crippen molar-refractivity contribution in [1.82, 2.24) is 25.2 Å². The van der Waals surface area contributed by atoms with Crippen LogP contribution in [0.25, 0.3) is 11.0 Å². The summed E-state index contributed by atoms with van der Waals surface area (Å²) in [5.41, 5.74) is 7.56. The van der Waals surface area contributed by atoms with E-state index in [2.05, 4.69) is 75.9 Å². The van der Waals surface area contributed by atoms with Crippen LogP contribution in [0.5, 0.6) is 0 Å². The minimum Gasteiger partial charge on any atom is -0.341 e. The summed E-state index contributed by atoms with van der Waals surface area (Å²) in [7, 11) is 0. The van der Waals surface area contributed by atoms with E-state index < -0.39 is 0 Å². The highest BCUT2D eigenvalue weighted by atomic mass is 15.2. The van der Waals surface area contributed by atoms with Gasteiger partial charge < -0.3 is 10.3 Å². The van der Waals surface area contributed by atoms with Gasteiger partial charge in [0.2, 0.25) is 0 Å². The lowest BCUT2D eigenvalue weighted by Gasteiger charge is -2.35. The normalized spacial score (nSPS) is 18.0. The number of rotatable bonds is 8. The van der Waals surface area contributed by atoms with Gasteiger partial charge in [-0.1, -0.05) is 42.5 Å². The van der Waals surface area contributed by atoms with Gasteiger partial charge in [0, 0.05) is 25.3 Å². The van der Waals surface area contributed by atoms with Crippen LogP contribution in [0.3, 0.4) is 0 Å². The van der Waals surface area contributed by atoms with Gasteiger partial charge in [-0.25, -0.2) is 4.98 Å². The monoisotopic (exact) mass is 437 g/mol. The molecule has 2 aliphatic carbocycles. The van der Waals surface area contributed by atoms with E-state index in [4.69, 9.17) is 9.97 Å². The van der Waals surface area contributed by atoms with E-state index in [0.717, 1.165) is 49.3 Å². The number of hydrogen-bond donors (Lipinski definition) is 2. The molecule has 6 rings (SSSR count). The predicted octanol–water partition coefficient (Wildman–Crippen LogP) is 5.29. The third kappa shape index (κ3) is 4.56. The van der Waals surface area contributed by atoms with Gasteiger partial charge in [0.1, 0.15) is 5.82 Å². The Hall–Kier alpha value is -3.02. The molecule has 2 N–H and O–H groups in total. The number of pyridine rings is 1. The van der Waals surface area contributed by atoms with Gasteiger partial charge in [-0.15, -0.1) is 0 Å². The second-order valence-electron chi connectivity index (χ2n) is 9.49. The van der Waals surface area contributed by atoms with Crippen LogP contribution in [-0.4, -0.2) is 25.9 Å². The first-order chi connectivity index (χ1) is 16.3. The van der Waals surface area contributed by atoms with Crippen molar-refractivity contribution in [1.29, 1.82) is 0 Å². The first-order valence-corrected chi connectivity index (χ1v) is 12.2. The summed E-state index contributed by atoms with van der Waals surface area (Å²) in [6.07, 6.45) is 8.03. The number of nitrogens with one attached hydrogen (secondary N) is 2. The lowest BCUT2D eigenvalue weighted by atomic mass is 9.90. The van der Waals surface area contributed by atoms with Crippen LogP contribution in [0.4, 0.5) is 0 Å². The van der Waals surface area contributed by atoms with Crippen LogP contribution in [0.2, 0.25) is 0 Å². The summed E-state index contributed by atoms with van der Waals surface area (Å²) in [5.74, 6) is 1.02. The summed E-state index contributed by atoms with van der Waals surface area (Å²) in [4.78, 5) is 15.9.